The highest BCUT2D eigenvalue weighted by Crippen LogP contribution is 2.32. The molecule has 0 spiro atoms. The number of alkyl halides is 2. The van der Waals surface area contributed by atoms with Gasteiger partial charge in [0.1, 0.15) is 6.10 Å². The summed E-state index contributed by atoms with van der Waals surface area (Å²) in [4.78, 5) is 24.5. The zero-order valence-corrected chi connectivity index (χ0v) is 16.5. The van der Waals surface area contributed by atoms with Crippen LogP contribution in [0.3, 0.4) is 0 Å². The Balaban J connectivity index is 1.92. The molecule has 5 nitrogen and oxygen atoms in total. The maximum absolute atomic E-state index is 14.4. The summed E-state index contributed by atoms with van der Waals surface area (Å²) in [5, 5.41) is 18.7. The number of nitrogens with zero attached hydrogens (tertiary/aromatic N) is 1. The Hall–Kier alpha value is -2.28. The predicted molar refractivity (Wildman–Crippen MR) is 106 cm³/mol. The monoisotopic (exact) mass is 409 g/mol. The van der Waals surface area contributed by atoms with Crippen LogP contribution >= 0.6 is 0 Å². The van der Waals surface area contributed by atoms with Crippen LogP contribution in [-0.4, -0.2) is 45.7 Å². The van der Waals surface area contributed by atoms with E-state index in [1.165, 1.54) is 30.3 Å². The second-order valence-electron chi connectivity index (χ2n) is 7.42. The molecule has 7 heteroatoms. The molecule has 2 N–H and O–H groups in total. The van der Waals surface area contributed by atoms with Gasteiger partial charge in [0.2, 0.25) is 5.91 Å². The van der Waals surface area contributed by atoms with Gasteiger partial charge in [-0.15, -0.1) is 0 Å². The van der Waals surface area contributed by atoms with Crippen LogP contribution < -0.4 is 0 Å². The molecule has 1 saturated heterocycles. The number of benzene rings is 1. The van der Waals surface area contributed by atoms with Crippen LogP contribution in [0.25, 0.3) is 0 Å². The SMILES string of the molecule is O=C(O)CCCCCCN1C(=O)CCC[C@@H]1C=C[C@@H](O)C(F)(F)c1ccccc1. The molecule has 0 saturated carbocycles. The number of halogens is 2. The summed E-state index contributed by atoms with van der Waals surface area (Å²) >= 11 is 0. The molecule has 160 valence electrons. The van der Waals surface area contributed by atoms with Gasteiger partial charge in [-0.1, -0.05) is 55.3 Å². The summed E-state index contributed by atoms with van der Waals surface area (Å²) < 4.78 is 28.9. The first kappa shape index (κ1) is 23.0. The Bertz CT molecular complexity index is 693. The molecule has 0 aromatic heterocycles. The number of rotatable bonds is 11. The van der Waals surface area contributed by atoms with Gasteiger partial charge in [0.25, 0.3) is 0 Å². The summed E-state index contributed by atoms with van der Waals surface area (Å²) in [6.07, 6.45) is 5.50. The van der Waals surface area contributed by atoms with Gasteiger partial charge in [-0.3, -0.25) is 9.59 Å². The Morgan fingerprint density at radius 1 is 1.21 bits per heavy atom. The van der Waals surface area contributed by atoms with Gasteiger partial charge in [-0.2, -0.15) is 8.78 Å². The third kappa shape index (κ3) is 6.92. The van der Waals surface area contributed by atoms with Crippen molar-refractivity contribution in [3.8, 4) is 0 Å². The molecule has 1 heterocycles. The van der Waals surface area contributed by atoms with Gasteiger partial charge in [-0.25, -0.2) is 0 Å². The zero-order chi connectivity index (χ0) is 21.3. The molecule has 1 aromatic carbocycles. The molecule has 1 aromatic rings. The Labute approximate surface area is 170 Å². The van der Waals surface area contributed by atoms with E-state index in [2.05, 4.69) is 0 Å². The van der Waals surface area contributed by atoms with Gasteiger partial charge in [0.05, 0.1) is 6.04 Å². The summed E-state index contributed by atoms with van der Waals surface area (Å²) in [6.45, 7) is 0.506. The van der Waals surface area contributed by atoms with Crippen molar-refractivity contribution in [1.29, 1.82) is 0 Å². The molecular formula is C22H29F2NO4. The van der Waals surface area contributed by atoms with Gasteiger partial charge in [-0.05, 0) is 25.7 Å². The number of likely N-dealkylation sites (tertiary alicyclic amines) is 1. The van der Waals surface area contributed by atoms with Crippen LogP contribution in [0.5, 0.6) is 0 Å². The van der Waals surface area contributed by atoms with E-state index in [9.17, 15) is 23.5 Å². The Morgan fingerprint density at radius 3 is 2.59 bits per heavy atom. The molecule has 2 rings (SSSR count). The second-order valence-corrected chi connectivity index (χ2v) is 7.42. The molecule has 1 fully saturated rings. The van der Waals surface area contributed by atoms with Crippen molar-refractivity contribution in [1.82, 2.24) is 4.90 Å². The van der Waals surface area contributed by atoms with Crippen molar-refractivity contribution in [2.45, 2.75) is 69.4 Å². The second kappa shape index (κ2) is 11.0. The summed E-state index contributed by atoms with van der Waals surface area (Å²) in [7, 11) is 0. The fourth-order valence-electron chi connectivity index (χ4n) is 3.53. The van der Waals surface area contributed by atoms with Crippen LogP contribution in [0.15, 0.2) is 42.5 Å². The molecule has 1 amide bonds. The van der Waals surface area contributed by atoms with Crippen LogP contribution in [0.2, 0.25) is 0 Å². The smallest absolute Gasteiger partial charge is 0.303 e. The minimum absolute atomic E-state index is 0.0132. The molecular weight excluding hydrogens is 380 g/mol. The van der Waals surface area contributed by atoms with Crippen LogP contribution in [0.1, 0.15) is 56.9 Å². The highest BCUT2D eigenvalue weighted by Gasteiger charge is 2.39. The molecule has 1 aliphatic rings. The first-order valence-corrected chi connectivity index (χ1v) is 10.1. The molecule has 0 bridgehead atoms. The third-order valence-corrected chi connectivity index (χ3v) is 5.20. The normalized spacial score (nSPS) is 18.9. The number of carboxylic acid groups (broad SMARTS) is 1. The topological polar surface area (TPSA) is 77.8 Å². The minimum Gasteiger partial charge on any atom is -0.481 e. The van der Waals surface area contributed by atoms with Crippen molar-refractivity contribution < 1.29 is 28.6 Å². The summed E-state index contributed by atoms with van der Waals surface area (Å²) in [5.41, 5.74) is -0.255. The lowest BCUT2D eigenvalue weighted by molar-refractivity contribution is -0.137. The number of aliphatic carboxylic acids is 1. The molecule has 1 aliphatic heterocycles. The van der Waals surface area contributed by atoms with E-state index in [4.69, 9.17) is 5.11 Å². The number of piperidine rings is 1. The number of unbranched alkanes of at least 4 members (excludes halogenated alkanes) is 3. The van der Waals surface area contributed by atoms with Gasteiger partial charge < -0.3 is 15.1 Å². The number of aliphatic hydroxyl groups excluding tert-OH is 1. The minimum atomic E-state index is -3.41. The van der Waals surface area contributed by atoms with Crippen LogP contribution in [-0.2, 0) is 15.5 Å². The largest absolute Gasteiger partial charge is 0.481 e. The maximum atomic E-state index is 14.4. The van der Waals surface area contributed by atoms with Gasteiger partial charge >= 0.3 is 11.9 Å². The average molecular weight is 409 g/mol. The lowest BCUT2D eigenvalue weighted by atomic mass is 9.98. The number of carbonyl (C=O) groups is 2. The number of amides is 1. The van der Waals surface area contributed by atoms with Crippen molar-refractivity contribution in [3.63, 3.8) is 0 Å². The maximum Gasteiger partial charge on any atom is 0.303 e. The van der Waals surface area contributed by atoms with Gasteiger partial charge in [0, 0.05) is 24.9 Å². The van der Waals surface area contributed by atoms with Crippen LogP contribution in [0.4, 0.5) is 8.78 Å². The lowest BCUT2D eigenvalue weighted by Gasteiger charge is -2.34. The van der Waals surface area contributed by atoms with E-state index < -0.39 is 18.0 Å². The first-order chi connectivity index (χ1) is 13.8. The van der Waals surface area contributed by atoms with E-state index in [1.807, 2.05) is 0 Å². The Kier molecular flexibility index (Phi) is 8.76. The predicted octanol–water partition coefficient (Wildman–Crippen LogP) is 4.11. The zero-order valence-electron chi connectivity index (χ0n) is 16.5. The summed E-state index contributed by atoms with van der Waals surface area (Å²) in [5.74, 6) is -4.24. The van der Waals surface area contributed by atoms with Crippen LogP contribution in [0, 0.1) is 0 Å². The Morgan fingerprint density at radius 2 is 1.90 bits per heavy atom. The van der Waals surface area contributed by atoms with E-state index in [1.54, 1.807) is 11.0 Å². The summed E-state index contributed by atoms with van der Waals surface area (Å²) in [6, 6.07) is 6.87. The first-order valence-electron chi connectivity index (χ1n) is 10.1. The van der Waals surface area contributed by atoms with E-state index >= 15 is 0 Å². The molecule has 2 atom stereocenters. The van der Waals surface area contributed by atoms with E-state index in [0.717, 1.165) is 25.3 Å². The lowest BCUT2D eigenvalue weighted by Crippen LogP contribution is -2.43. The highest BCUT2D eigenvalue weighted by atomic mass is 19.3. The fraction of sp³-hybridized carbons (Fsp3) is 0.545. The number of hydrogen-bond acceptors (Lipinski definition) is 3. The molecule has 0 radical (unpaired) electrons. The highest BCUT2D eigenvalue weighted by molar-refractivity contribution is 5.77. The number of carbonyl (C=O) groups excluding carboxylic acids is 1. The van der Waals surface area contributed by atoms with Crippen molar-refractivity contribution in [2.75, 3.05) is 6.54 Å². The van der Waals surface area contributed by atoms with Crippen molar-refractivity contribution >= 4 is 11.9 Å². The fourth-order valence-corrected chi connectivity index (χ4v) is 3.53. The third-order valence-electron chi connectivity index (χ3n) is 5.20. The van der Waals surface area contributed by atoms with E-state index in [-0.39, 0.29) is 23.9 Å². The van der Waals surface area contributed by atoms with Gasteiger partial charge in [0.15, 0.2) is 0 Å². The quantitative estimate of drug-likeness (QED) is 0.426. The molecule has 0 unspecified atom stereocenters. The number of hydrogen-bond donors (Lipinski definition) is 2. The molecule has 0 aliphatic carbocycles. The number of carboxylic acids is 1. The van der Waals surface area contributed by atoms with Crippen molar-refractivity contribution in [2.24, 2.45) is 0 Å². The standard InChI is InChI=1S/C22H29F2NO4/c23-22(24,17-9-4-3-5-10-17)19(26)15-14-18-11-8-12-20(27)25(18)16-7-2-1-6-13-21(28)29/h3-5,9-10,14-15,18-19,26H,1-2,6-8,11-13,16H2,(H,28,29)/t18-,19-/m1/s1. The average Bonchev–Trinajstić information content (AvgIpc) is 2.70. The van der Waals surface area contributed by atoms with Crippen molar-refractivity contribution in [3.05, 3.63) is 48.0 Å². The van der Waals surface area contributed by atoms with E-state index in [0.29, 0.717) is 32.2 Å². The number of aliphatic hydroxyl groups is 1. The molecule has 29 heavy (non-hydrogen) atoms.